The first-order chi connectivity index (χ1) is 5.22. The van der Waals surface area contributed by atoms with E-state index in [0.29, 0.717) is 25.1 Å². The van der Waals surface area contributed by atoms with Crippen molar-refractivity contribution < 1.29 is 13.9 Å². The highest BCUT2D eigenvalue weighted by atomic mass is 35.5. The van der Waals surface area contributed by atoms with Crippen molar-refractivity contribution in [3.05, 3.63) is 0 Å². The molecule has 1 N–H and O–H groups in total. The Labute approximate surface area is 74.0 Å². The summed E-state index contributed by atoms with van der Waals surface area (Å²) in [7, 11) is 0. The average Bonchev–Trinajstić information content (AvgIpc) is 1.97. The Hall–Kier alpha value is 0.360. The second-order valence-corrected chi connectivity index (χ2v) is 3.79. The number of halogens is 1. The van der Waals surface area contributed by atoms with E-state index in [9.17, 15) is 8.76 Å². The molecule has 0 aliphatic heterocycles. The third kappa shape index (κ3) is 5.61. The lowest BCUT2D eigenvalue weighted by Gasteiger charge is -2.17. The fraction of sp³-hybridized carbons (Fsp3) is 1.00. The molecule has 0 bridgehead atoms. The van der Waals surface area contributed by atoms with Gasteiger partial charge in [0.05, 0.1) is 0 Å². The molecule has 0 saturated carbocycles. The molecule has 0 aromatic rings. The zero-order chi connectivity index (χ0) is 8.69. The van der Waals surface area contributed by atoms with E-state index in [4.69, 9.17) is 16.7 Å². The summed E-state index contributed by atoms with van der Waals surface area (Å²) in [4.78, 5) is 0. The van der Waals surface area contributed by atoms with Crippen molar-refractivity contribution in [1.82, 2.24) is 0 Å². The normalized spacial score (nSPS) is 16.3. The van der Waals surface area contributed by atoms with Gasteiger partial charge in [-0.05, 0) is 19.3 Å². The molecule has 0 radical (unpaired) electrons. The Morgan fingerprint density at radius 3 is 2.55 bits per heavy atom. The van der Waals surface area contributed by atoms with Crippen molar-refractivity contribution >= 4 is 22.7 Å². The molecule has 2 unspecified atom stereocenters. The minimum absolute atomic E-state index is 0.0824. The Morgan fingerprint density at radius 2 is 2.18 bits per heavy atom. The molecule has 5 heteroatoms. The quantitative estimate of drug-likeness (QED) is 0.505. The highest BCUT2D eigenvalue weighted by Gasteiger charge is 2.07. The summed E-state index contributed by atoms with van der Waals surface area (Å²) in [6.07, 6.45) is 1.54. The largest absolute Gasteiger partial charge is 0.772 e. The van der Waals surface area contributed by atoms with Gasteiger partial charge in [-0.25, -0.2) is 0 Å². The van der Waals surface area contributed by atoms with Crippen LogP contribution in [0.2, 0.25) is 0 Å². The second kappa shape index (κ2) is 7.03. The van der Waals surface area contributed by atoms with Gasteiger partial charge in [-0.3, -0.25) is 4.21 Å². The van der Waals surface area contributed by atoms with Gasteiger partial charge in [-0.15, -0.1) is 11.6 Å². The van der Waals surface area contributed by atoms with Gasteiger partial charge in [-0.1, -0.05) is 11.1 Å². The van der Waals surface area contributed by atoms with Crippen LogP contribution in [-0.2, 0) is 11.1 Å². The Balaban J connectivity index is 3.60. The molecule has 2 atom stereocenters. The van der Waals surface area contributed by atoms with Crippen LogP contribution in [0.5, 0.6) is 0 Å². The van der Waals surface area contributed by atoms with Gasteiger partial charge >= 0.3 is 0 Å². The van der Waals surface area contributed by atoms with Gasteiger partial charge < -0.3 is 9.66 Å². The number of rotatable bonds is 6. The lowest BCUT2D eigenvalue weighted by molar-refractivity contribution is 0.282. The van der Waals surface area contributed by atoms with E-state index in [1.165, 1.54) is 0 Å². The smallest absolute Gasteiger partial charge is 0.0442 e. The van der Waals surface area contributed by atoms with Gasteiger partial charge in [0.25, 0.3) is 0 Å². The summed E-state index contributed by atoms with van der Waals surface area (Å²) < 4.78 is 20.9. The van der Waals surface area contributed by atoms with Crippen LogP contribution in [0, 0.1) is 0 Å². The van der Waals surface area contributed by atoms with Crippen LogP contribution in [0.15, 0.2) is 0 Å². The van der Waals surface area contributed by atoms with Gasteiger partial charge in [0.2, 0.25) is 0 Å². The SMILES string of the molecule is O=S([O-])C(CCO)CCCCl. The molecule has 0 spiro atoms. The summed E-state index contributed by atoms with van der Waals surface area (Å²) in [6, 6.07) is 0. The molecule has 0 aliphatic rings. The highest BCUT2D eigenvalue weighted by molar-refractivity contribution is 7.79. The average molecular weight is 200 g/mol. The predicted octanol–water partition coefficient (Wildman–Crippen LogP) is 0.636. The molecule has 0 aromatic carbocycles. The van der Waals surface area contributed by atoms with E-state index in [1.807, 2.05) is 0 Å². The minimum Gasteiger partial charge on any atom is -0.772 e. The molecular weight excluding hydrogens is 188 g/mol. The van der Waals surface area contributed by atoms with Crippen molar-refractivity contribution in [3.63, 3.8) is 0 Å². The molecule has 0 heterocycles. The standard InChI is InChI=1S/C6H13ClO3S/c7-4-1-2-6(3-5-8)11(9)10/h6,8H,1-5H2,(H,9,10)/p-1. The maximum absolute atomic E-state index is 10.4. The summed E-state index contributed by atoms with van der Waals surface area (Å²) in [5.41, 5.74) is 0. The van der Waals surface area contributed by atoms with E-state index < -0.39 is 16.3 Å². The number of hydrogen-bond donors (Lipinski definition) is 1. The third-order valence-corrected chi connectivity index (χ3v) is 2.67. The van der Waals surface area contributed by atoms with Gasteiger partial charge in [0.15, 0.2) is 0 Å². The summed E-state index contributed by atoms with van der Waals surface area (Å²) >= 11 is 3.31. The van der Waals surface area contributed by atoms with Gasteiger partial charge in [-0.2, -0.15) is 0 Å². The molecule has 0 amide bonds. The summed E-state index contributed by atoms with van der Waals surface area (Å²) in [5.74, 6) is 0.471. The Kier molecular flexibility index (Phi) is 7.26. The van der Waals surface area contributed by atoms with Crippen molar-refractivity contribution in [2.75, 3.05) is 12.5 Å². The number of alkyl halides is 1. The van der Waals surface area contributed by atoms with Crippen LogP contribution >= 0.6 is 11.6 Å². The van der Waals surface area contributed by atoms with Gasteiger partial charge in [0.1, 0.15) is 0 Å². The Bertz CT molecular complexity index is 120. The fourth-order valence-corrected chi connectivity index (χ4v) is 1.60. The van der Waals surface area contributed by atoms with Crippen LogP contribution in [-0.4, -0.2) is 31.6 Å². The van der Waals surface area contributed by atoms with Crippen molar-refractivity contribution in [2.24, 2.45) is 0 Å². The summed E-state index contributed by atoms with van der Waals surface area (Å²) in [5, 5.41) is 8.05. The zero-order valence-electron chi connectivity index (χ0n) is 6.16. The third-order valence-electron chi connectivity index (χ3n) is 1.38. The minimum atomic E-state index is -2.07. The van der Waals surface area contributed by atoms with Crippen molar-refractivity contribution in [2.45, 2.75) is 24.5 Å². The summed E-state index contributed by atoms with van der Waals surface area (Å²) in [6.45, 7) is -0.0824. The van der Waals surface area contributed by atoms with Crippen LogP contribution < -0.4 is 0 Å². The van der Waals surface area contributed by atoms with Crippen LogP contribution in [0.1, 0.15) is 19.3 Å². The maximum atomic E-state index is 10.4. The van der Waals surface area contributed by atoms with E-state index in [1.54, 1.807) is 0 Å². The number of hydrogen-bond acceptors (Lipinski definition) is 3. The lowest BCUT2D eigenvalue weighted by Crippen LogP contribution is -2.16. The fourth-order valence-electron chi connectivity index (χ4n) is 0.786. The topological polar surface area (TPSA) is 60.4 Å². The van der Waals surface area contributed by atoms with E-state index in [2.05, 4.69) is 0 Å². The molecule has 0 rings (SSSR count). The van der Waals surface area contributed by atoms with E-state index in [-0.39, 0.29) is 6.61 Å². The first-order valence-corrected chi connectivity index (χ1v) is 5.14. The first-order valence-electron chi connectivity index (χ1n) is 3.47. The molecular formula is C6H12ClO3S-. The highest BCUT2D eigenvalue weighted by Crippen LogP contribution is 2.08. The Morgan fingerprint density at radius 1 is 1.55 bits per heavy atom. The molecule has 0 saturated heterocycles. The first kappa shape index (κ1) is 11.4. The van der Waals surface area contributed by atoms with Gasteiger partial charge in [0, 0.05) is 17.7 Å². The van der Waals surface area contributed by atoms with E-state index >= 15 is 0 Å². The second-order valence-electron chi connectivity index (χ2n) is 2.23. The number of aliphatic hydroxyl groups is 1. The molecule has 11 heavy (non-hydrogen) atoms. The van der Waals surface area contributed by atoms with Crippen LogP contribution in [0.4, 0.5) is 0 Å². The molecule has 68 valence electrons. The zero-order valence-corrected chi connectivity index (χ0v) is 7.74. The molecule has 0 aliphatic carbocycles. The lowest BCUT2D eigenvalue weighted by atomic mass is 10.2. The predicted molar refractivity (Wildman–Crippen MR) is 44.4 cm³/mol. The van der Waals surface area contributed by atoms with E-state index in [0.717, 1.165) is 0 Å². The maximum Gasteiger partial charge on any atom is 0.0442 e. The van der Waals surface area contributed by atoms with Crippen LogP contribution in [0.3, 0.4) is 0 Å². The van der Waals surface area contributed by atoms with Crippen molar-refractivity contribution in [1.29, 1.82) is 0 Å². The molecule has 3 nitrogen and oxygen atoms in total. The molecule has 0 aromatic heterocycles. The monoisotopic (exact) mass is 199 g/mol. The van der Waals surface area contributed by atoms with Crippen LogP contribution in [0.25, 0.3) is 0 Å². The number of aliphatic hydroxyl groups excluding tert-OH is 1. The van der Waals surface area contributed by atoms with Crippen molar-refractivity contribution in [3.8, 4) is 0 Å². The molecule has 0 fully saturated rings.